The van der Waals surface area contributed by atoms with Crippen molar-refractivity contribution in [2.24, 2.45) is 5.92 Å². The molecule has 1 aliphatic carbocycles. The first-order chi connectivity index (χ1) is 13.0. The van der Waals surface area contributed by atoms with Crippen LogP contribution >= 0.6 is 0 Å². The summed E-state index contributed by atoms with van der Waals surface area (Å²) in [5.41, 5.74) is 3.66. The molecule has 1 aliphatic rings. The predicted octanol–water partition coefficient (Wildman–Crippen LogP) is 3.24. The fraction of sp³-hybridized carbons (Fsp3) is 0.286. The molecule has 4 rings (SSSR count). The number of aryl methyl sites for hydroxylation is 2. The minimum absolute atomic E-state index is 0.0597. The number of ether oxygens (including phenoxy) is 1. The maximum atomic E-state index is 12.3. The zero-order valence-electron chi connectivity index (χ0n) is 15.4. The van der Waals surface area contributed by atoms with Gasteiger partial charge in [0, 0.05) is 29.9 Å². The van der Waals surface area contributed by atoms with Crippen molar-refractivity contribution < 1.29 is 9.53 Å². The average Bonchev–Trinajstić information content (AvgIpc) is 3.48. The van der Waals surface area contributed by atoms with Crippen LogP contribution in [0.15, 0.2) is 47.4 Å². The number of carbonyl (C=O) groups is 1. The molecule has 6 nitrogen and oxygen atoms in total. The lowest BCUT2D eigenvalue weighted by Crippen LogP contribution is -2.17. The van der Waals surface area contributed by atoms with Crippen molar-refractivity contribution in [1.82, 2.24) is 9.38 Å². The third kappa shape index (κ3) is 3.69. The van der Waals surface area contributed by atoms with Crippen LogP contribution in [0.1, 0.15) is 29.7 Å². The third-order valence-electron chi connectivity index (χ3n) is 4.72. The summed E-state index contributed by atoms with van der Waals surface area (Å²) in [5, 5.41) is 2.92. The van der Waals surface area contributed by atoms with Crippen molar-refractivity contribution in [1.29, 1.82) is 0 Å². The normalized spacial score (nSPS) is 13.6. The molecule has 6 heteroatoms. The molecule has 2 aromatic heterocycles. The van der Waals surface area contributed by atoms with Gasteiger partial charge in [-0.2, -0.15) is 0 Å². The topological polar surface area (TPSA) is 72.7 Å². The van der Waals surface area contributed by atoms with E-state index >= 15 is 0 Å². The van der Waals surface area contributed by atoms with Crippen LogP contribution in [0.4, 0.5) is 5.69 Å². The van der Waals surface area contributed by atoms with Crippen molar-refractivity contribution in [3.63, 3.8) is 0 Å². The second kappa shape index (κ2) is 6.87. The first kappa shape index (κ1) is 17.3. The molecule has 2 heterocycles. The number of hydrogen-bond donors (Lipinski definition) is 1. The fourth-order valence-electron chi connectivity index (χ4n) is 2.96. The van der Waals surface area contributed by atoms with E-state index in [4.69, 9.17) is 4.74 Å². The fourth-order valence-corrected chi connectivity index (χ4v) is 2.96. The number of anilines is 1. The van der Waals surface area contributed by atoms with Gasteiger partial charge in [0.1, 0.15) is 18.0 Å². The van der Waals surface area contributed by atoms with Crippen LogP contribution in [0.2, 0.25) is 0 Å². The molecule has 1 aromatic carbocycles. The summed E-state index contributed by atoms with van der Waals surface area (Å²) in [6.07, 6.45) is 3.63. The quantitative estimate of drug-likeness (QED) is 0.755. The summed E-state index contributed by atoms with van der Waals surface area (Å²) in [7, 11) is 0. The SMILES string of the molecule is Cc1ccc(NC(=O)C2CC2)cc1OCc1cc(=O)n2cccc(C)c2n1. The van der Waals surface area contributed by atoms with Gasteiger partial charge in [-0.15, -0.1) is 0 Å². The Balaban J connectivity index is 1.54. The summed E-state index contributed by atoms with van der Waals surface area (Å²) < 4.78 is 7.43. The molecule has 1 amide bonds. The maximum Gasteiger partial charge on any atom is 0.258 e. The second-order valence-corrected chi connectivity index (χ2v) is 7.00. The van der Waals surface area contributed by atoms with Gasteiger partial charge >= 0.3 is 0 Å². The first-order valence-electron chi connectivity index (χ1n) is 9.03. The van der Waals surface area contributed by atoms with Crippen LogP contribution in [-0.4, -0.2) is 15.3 Å². The molecular formula is C21H21N3O3. The van der Waals surface area contributed by atoms with Crippen LogP contribution in [0.25, 0.3) is 5.65 Å². The van der Waals surface area contributed by atoms with E-state index in [9.17, 15) is 9.59 Å². The molecule has 138 valence electrons. The van der Waals surface area contributed by atoms with E-state index in [-0.39, 0.29) is 24.0 Å². The minimum atomic E-state index is -0.135. The highest BCUT2D eigenvalue weighted by molar-refractivity contribution is 5.94. The number of amides is 1. The van der Waals surface area contributed by atoms with Crippen LogP contribution in [0, 0.1) is 19.8 Å². The number of rotatable bonds is 5. The van der Waals surface area contributed by atoms with Gasteiger partial charge in [0.05, 0.1) is 5.69 Å². The summed E-state index contributed by atoms with van der Waals surface area (Å²) in [4.78, 5) is 28.8. The number of aromatic nitrogens is 2. The molecule has 0 spiro atoms. The van der Waals surface area contributed by atoms with E-state index in [2.05, 4.69) is 10.3 Å². The van der Waals surface area contributed by atoms with Crippen LogP contribution in [0.5, 0.6) is 5.75 Å². The third-order valence-corrected chi connectivity index (χ3v) is 4.72. The highest BCUT2D eigenvalue weighted by Gasteiger charge is 2.29. The molecule has 1 N–H and O–H groups in total. The van der Waals surface area contributed by atoms with Crippen molar-refractivity contribution in [3.05, 3.63) is 69.8 Å². The number of fused-ring (bicyclic) bond motifs is 1. The molecule has 1 saturated carbocycles. The van der Waals surface area contributed by atoms with Crippen molar-refractivity contribution in [2.45, 2.75) is 33.3 Å². The monoisotopic (exact) mass is 363 g/mol. The highest BCUT2D eigenvalue weighted by atomic mass is 16.5. The minimum Gasteiger partial charge on any atom is -0.487 e. The summed E-state index contributed by atoms with van der Waals surface area (Å²) in [6.45, 7) is 4.04. The van der Waals surface area contributed by atoms with E-state index in [1.165, 1.54) is 10.5 Å². The van der Waals surface area contributed by atoms with Gasteiger partial charge in [0.25, 0.3) is 5.56 Å². The lowest BCUT2D eigenvalue weighted by molar-refractivity contribution is -0.117. The predicted molar refractivity (Wildman–Crippen MR) is 103 cm³/mol. The highest BCUT2D eigenvalue weighted by Crippen LogP contribution is 2.31. The van der Waals surface area contributed by atoms with E-state index in [1.54, 1.807) is 6.20 Å². The lowest BCUT2D eigenvalue weighted by Gasteiger charge is -2.12. The van der Waals surface area contributed by atoms with E-state index < -0.39 is 0 Å². The Morgan fingerprint density at radius 2 is 2.04 bits per heavy atom. The molecule has 0 atom stereocenters. The van der Waals surface area contributed by atoms with Gasteiger partial charge < -0.3 is 10.1 Å². The Morgan fingerprint density at radius 1 is 1.22 bits per heavy atom. The number of nitrogens with zero attached hydrogens (tertiary/aromatic N) is 2. The van der Waals surface area contributed by atoms with E-state index in [0.29, 0.717) is 17.1 Å². The second-order valence-electron chi connectivity index (χ2n) is 7.00. The van der Waals surface area contributed by atoms with Gasteiger partial charge in [-0.3, -0.25) is 14.0 Å². The van der Waals surface area contributed by atoms with Crippen LogP contribution in [-0.2, 0) is 11.4 Å². The van der Waals surface area contributed by atoms with Gasteiger partial charge in [0.2, 0.25) is 5.91 Å². The van der Waals surface area contributed by atoms with Gasteiger partial charge in [-0.05, 0) is 49.9 Å². The zero-order chi connectivity index (χ0) is 19.0. The Hall–Kier alpha value is -3.15. The number of hydrogen-bond acceptors (Lipinski definition) is 4. The lowest BCUT2D eigenvalue weighted by atomic mass is 10.2. The molecule has 0 aliphatic heterocycles. The number of benzene rings is 1. The Bertz CT molecular complexity index is 1080. The van der Waals surface area contributed by atoms with Crippen LogP contribution in [0.3, 0.4) is 0 Å². The molecule has 0 bridgehead atoms. The molecule has 1 fully saturated rings. The largest absolute Gasteiger partial charge is 0.487 e. The molecule has 27 heavy (non-hydrogen) atoms. The van der Waals surface area contributed by atoms with Crippen LogP contribution < -0.4 is 15.6 Å². The Labute approximate surface area is 156 Å². The van der Waals surface area contributed by atoms with Gasteiger partial charge in [-0.1, -0.05) is 12.1 Å². The van der Waals surface area contributed by atoms with E-state index in [0.717, 1.165) is 29.7 Å². The maximum absolute atomic E-state index is 12.3. The Morgan fingerprint density at radius 3 is 2.81 bits per heavy atom. The molecule has 3 aromatic rings. The number of carbonyl (C=O) groups excluding carboxylic acids is 1. The Kier molecular flexibility index (Phi) is 4.39. The first-order valence-corrected chi connectivity index (χ1v) is 9.03. The number of pyridine rings is 1. The summed E-state index contributed by atoms with van der Waals surface area (Å²) in [5.74, 6) is 0.869. The van der Waals surface area contributed by atoms with Crippen molar-refractivity contribution in [2.75, 3.05) is 5.32 Å². The molecule has 0 unspecified atom stereocenters. The van der Waals surface area contributed by atoms with Crippen molar-refractivity contribution in [3.8, 4) is 5.75 Å². The van der Waals surface area contributed by atoms with Crippen molar-refractivity contribution >= 4 is 17.2 Å². The van der Waals surface area contributed by atoms with Gasteiger partial charge in [-0.25, -0.2) is 4.98 Å². The standard InChI is InChI=1S/C21H21N3O3/c1-13-5-8-16(23-21(26)15-6-7-15)10-18(13)27-12-17-11-19(25)24-9-3-4-14(2)20(24)22-17/h3-5,8-11,15H,6-7,12H2,1-2H3,(H,23,26). The molecule has 0 radical (unpaired) electrons. The van der Waals surface area contributed by atoms with E-state index in [1.807, 2.05) is 44.2 Å². The zero-order valence-corrected chi connectivity index (χ0v) is 15.4. The molecular weight excluding hydrogens is 342 g/mol. The van der Waals surface area contributed by atoms with Gasteiger partial charge in [0.15, 0.2) is 0 Å². The molecule has 0 saturated heterocycles. The summed E-state index contributed by atoms with van der Waals surface area (Å²) >= 11 is 0. The summed E-state index contributed by atoms with van der Waals surface area (Å²) in [6, 6.07) is 10.8. The number of nitrogens with one attached hydrogen (secondary N) is 1. The smallest absolute Gasteiger partial charge is 0.258 e. The average molecular weight is 363 g/mol.